The first-order valence-electron chi connectivity index (χ1n) is 5.96. The highest BCUT2D eigenvalue weighted by Crippen LogP contribution is 2.22. The minimum atomic E-state index is -0.360. The summed E-state index contributed by atoms with van der Waals surface area (Å²) in [6, 6.07) is 11.5. The molecule has 0 amide bonds. The lowest BCUT2D eigenvalue weighted by molar-refractivity contribution is 0.0600. The smallest absolute Gasteiger partial charge is 0.338 e. The predicted molar refractivity (Wildman–Crippen MR) is 74.8 cm³/mol. The Hall–Kier alpha value is -2.36. The van der Waals surface area contributed by atoms with E-state index in [1.165, 1.54) is 12.7 Å². The van der Waals surface area contributed by atoms with Gasteiger partial charge in [-0.1, -0.05) is 17.7 Å². The first kappa shape index (κ1) is 13.1. The number of anilines is 2. The van der Waals surface area contributed by atoms with Crippen molar-refractivity contribution in [2.75, 3.05) is 19.1 Å². The van der Waals surface area contributed by atoms with E-state index < -0.39 is 0 Å². The molecule has 98 valence electrons. The van der Waals surface area contributed by atoms with E-state index in [2.05, 4.69) is 4.98 Å². The summed E-state index contributed by atoms with van der Waals surface area (Å²) in [5.74, 6) is 0.340. The van der Waals surface area contributed by atoms with Crippen molar-refractivity contribution < 1.29 is 9.53 Å². The molecule has 2 rings (SSSR count). The number of rotatable bonds is 3. The highest BCUT2D eigenvalue weighted by Gasteiger charge is 2.10. The minimum Gasteiger partial charge on any atom is -0.465 e. The molecule has 0 spiro atoms. The number of benzene rings is 1. The molecule has 0 unspecified atom stereocenters. The Morgan fingerprint density at radius 3 is 2.53 bits per heavy atom. The molecule has 1 heterocycles. The summed E-state index contributed by atoms with van der Waals surface area (Å²) in [6.45, 7) is 2.04. The average molecular weight is 256 g/mol. The van der Waals surface area contributed by atoms with Gasteiger partial charge in [0, 0.05) is 18.9 Å². The number of hydrogen-bond acceptors (Lipinski definition) is 4. The van der Waals surface area contributed by atoms with E-state index in [0.717, 1.165) is 5.69 Å². The van der Waals surface area contributed by atoms with Gasteiger partial charge in [-0.15, -0.1) is 0 Å². The van der Waals surface area contributed by atoms with E-state index in [-0.39, 0.29) is 5.97 Å². The van der Waals surface area contributed by atoms with Crippen LogP contribution >= 0.6 is 0 Å². The van der Waals surface area contributed by atoms with E-state index in [4.69, 9.17) is 4.74 Å². The number of carbonyl (C=O) groups excluding carboxylic acids is 1. The fourth-order valence-electron chi connectivity index (χ4n) is 1.75. The summed E-state index contributed by atoms with van der Waals surface area (Å²) in [5.41, 5.74) is 2.71. The normalized spacial score (nSPS) is 10.1. The van der Waals surface area contributed by atoms with Crippen LogP contribution in [-0.2, 0) is 4.74 Å². The van der Waals surface area contributed by atoms with Crippen LogP contribution in [0, 0.1) is 6.92 Å². The number of nitrogens with zero attached hydrogens (tertiary/aromatic N) is 2. The molecule has 19 heavy (non-hydrogen) atoms. The lowest BCUT2D eigenvalue weighted by Gasteiger charge is -2.18. The van der Waals surface area contributed by atoms with Gasteiger partial charge >= 0.3 is 5.97 Å². The van der Waals surface area contributed by atoms with Crippen molar-refractivity contribution >= 4 is 17.5 Å². The van der Waals surface area contributed by atoms with Crippen molar-refractivity contribution in [3.05, 3.63) is 53.7 Å². The number of hydrogen-bond donors (Lipinski definition) is 0. The summed E-state index contributed by atoms with van der Waals surface area (Å²) in [7, 11) is 3.28. The van der Waals surface area contributed by atoms with E-state index in [0.29, 0.717) is 11.4 Å². The van der Waals surface area contributed by atoms with Crippen LogP contribution in [0.3, 0.4) is 0 Å². The molecule has 0 saturated carbocycles. The van der Waals surface area contributed by atoms with Gasteiger partial charge in [0.1, 0.15) is 5.82 Å². The molecule has 0 aliphatic carbocycles. The quantitative estimate of drug-likeness (QED) is 0.792. The summed E-state index contributed by atoms with van der Waals surface area (Å²) in [5, 5.41) is 0. The molecule has 0 atom stereocenters. The second-order valence-corrected chi connectivity index (χ2v) is 4.29. The highest BCUT2D eigenvalue weighted by atomic mass is 16.5. The molecule has 0 bridgehead atoms. The van der Waals surface area contributed by atoms with Crippen molar-refractivity contribution in [1.29, 1.82) is 0 Å². The summed E-state index contributed by atoms with van der Waals surface area (Å²) in [4.78, 5) is 17.7. The SMILES string of the molecule is COC(=O)c1ccnc(N(C)c2ccc(C)cc2)c1. The molecule has 1 aromatic carbocycles. The Bertz CT molecular complexity index is 579. The largest absolute Gasteiger partial charge is 0.465 e. The zero-order valence-corrected chi connectivity index (χ0v) is 11.3. The van der Waals surface area contributed by atoms with Crippen molar-refractivity contribution in [1.82, 2.24) is 4.98 Å². The number of carbonyl (C=O) groups is 1. The van der Waals surface area contributed by atoms with Crippen LogP contribution in [0.1, 0.15) is 15.9 Å². The van der Waals surface area contributed by atoms with Gasteiger partial charge in [-0.3, -0.25) is 0 Å². The van der Waals surface area contributed by atoms with Crippen LogP contribution in [0.4, 0.5) is 11.5 Å². The van der Waals surface area contributed by atoms with Gasteiger partial charge in [0.15, 0.2) is 0 Å². The Kier molecular flexibility index (Phi) is 3.80. The van der Waals surface area contributed by atoms with Gasteiger partial charge in [0.05, 0.1) is 12.7 Å². The van der Waals surface area contributed by atoms with Crippen LogP contribution < -0.4 is 4.90 Å². The zero-order valence-electron chi connectivity index (χ0n) is 11.3. The van der Waals surface area contributed by atoms with Gasteiger partial charge in [-0.05, 0) is 31.2 Å². The van der Waals surface area contributed by atoms with Crippen molar-refractivity contribution in [3.63, 3.8) is 0 Å². The molecule has 0 N–H and O–H groups in total. The number of aromatic nitrogens is 1. The third-order valence-corrected chi connectivity index (χ3v) is 2.93. The van der Waals surface area contributed by atoms with Gasteiger partial charge in [0.25, 0.3) is 0 Å². The van der Waals surface area contributed by atoms with Gasteiger partial charge in [0.2, 0.25) is 0 Å². The monoisotopic (exact) mass is 256 g/mol. The van der Waals surface area contributed by atoms with E-state index in [1.54, 1.807) is 18.3 Å². The third-order valence-electron chi connectivity index (χ3n) is 2.93. The fourth-order valence-corrected chi connectivity index (χ4v) is 1.75. The topological polar surface area (TPSA) is 42.4 Å². The summed E-state index contributed by atoms with van der Waals surface area (Å²) in [6.07, 6.45) is 1.60. The molecular formula is C15H16N2O2. The molecule has 4 heteroatoms. The van der Waals surface area contributed by atoms with Crippen LogP contribution in [0.5, 0.6) is 0 Å². The first-order chi connectivity index (χ1) is 9.11. The number of esters is 1. The Morgan fingerprint density at radius 1 is 1.21 bits per heavy atom. The molecule has 0 saturated heterocycles. The van der Waals surface area contributed by atoms with E-state index in [9.17, 15) is 4.79 Å². The predicted octanol–water partition coefficient (Wildman–Crippen LogP) is 2.94. The minimum absolute atomic E-state index is 0.360. The van der Waals surface area contributed by atoms with Crippen molar-refractivity contribution in [2.45, 2.75) is 6.92 Å². The van der Waals surface area contributed by atoms with Crippen molar-refractivity contribution in [2.24, 2.45) is 0 Å². The number of ether oxygens (including phenoxy) is 1. The molecule has 2 aromatic rings. The number of pyridine rings is 1. The molecule has 4 nitrogen and oxygen atoms in total. The Balaban J connectivity index is 2.31. The molecule has 0 radical (unpaired) electrons. The Morgan fingerprint density at radius 2 is 1.89 bits per heavy atom. The molecule has 0 aliphatic heterocycles. The lowest BCUT2D eigenvalue weighted by Crippen LogP contribution is -2.12. The van der Waals surface area contributed by atoms with Gasteiger partial charge in [-0.2, -0.15) is 0 Å². The standard InChI is InChI=1S/C15H16N2O2/c1-11-4-6-13(7-5-11)17(2)14-10-12(8-9-16-14)15(18)19-3/h4-10H,1-3H3. The van der Waals surface area contributed by atoms with Gasteiger partial charge in [-0.25, -0.2) is 9.78 Å². The lowest BCUT2D eigenvalue weighted by atomic mass is 10.2. The maximum atomic E-state index is 11.5. The second-order valence-electron chi connectivity index (χ2n) is 4.29. The first-order valence-corrected chi connectivity index (χ1v) is 5.96. The summed E-state index contributed by atoms with van der Waals surface area (Å²) < 4.78 is 4.71. The molecular weight excluding hydrogens is 240 g/mol. The van der Waals surface area contributed by atoms with Crippen LogP contribution in [-0.4, -0.2) is 25.1 Å². The maximum absolute atomic E-state index is 11.5. The summed E-state index contributed by atoms with van der Waals surface area (Å²) >= 11 is 0. The number of aryl methyl sites for hydroxylation is 1. The third kappa shape index (κ3) is 2.91. The highest BCUT2D eigenvalue weighted by molar-refractivity contribution is 5.90. The van der Waals surface area contributed by atoms with E-state index >= 15 is 0 Å². The molecule has 0 aliphatic rings. The van der Waals surface area contributed by atoms with Gasteiger partial charge < -0.3 is 9.64 Å². The van der Waals surface area contributed by atoms with E-state index in [1.807, 2.05) is 43.1 Å². The molecule has 0 fully saturated rings. The number of methoxy groups -OCH3 is 1. The van der Waals surface area contributed by atoms with Crippen molar-refractivity contribution in [3.8, 4) is 0 Å². The molecule has 1 aromatic heterocycles. The van der Waals surface area contributed by atoms with Crippen LogP contribution in [0.2, 0.25) is 0 Å². The van der Waals surface area contributed by atoms with Crippen LogP contribution in [0.15, 0.2) is 42.6 Å². The maximum Gasteiger partial charge on any atom is 0.338 e. The fraction of sp³-hybridized carbons (Fsp3) is 0.200. The zero-order chi connectivity index (χ0) is 13.8. The Labute approximate surface area is 112 Å². The van der Waals surface area contributed by atoms with Crippen LogP contribution in [0.25, 0.3) is 0 Å². The average Bonchev–Trinajstić information content (AvgIpc) is 2.46. The second kappa shape index (κ2) is 5.52.